The molecule has 1 spiro atoms. The van der Waals surface area contributed by atoms with Crippen LogP contribution in [-0.2, 0) is 16.5 Å². The van der Waals surface area contributed by atoms with E-state index >= 15 is 0 Å². The van der Waals surface area contributed by atoms with E-state index < -0.39 is 0 Å². The molecule has 3 rings (SSSR count). The van der Waals surface area contributed by atoms with Crippen LogP contribution >= 0.6 is 0 Å². The van der Waals surface area contributed by atoms with Gasteiger partial charge in [0.1, 0.15) is 5.69 Å². The van der Waals surface area contributed by atoms with Crippen molar-refractivity contribution in [1.82, 2.24) is 20.3 Å². The lowest BCUT2D eigenvalue weighted by Crippen LogP contribution is -2.52. The summed E-state index contributed by atoms with van der Waals surface area (Å²) in [7, 11) is 1.84. The van der Waals surface area contributed by atoms with Gasteiger partial charge in [-0.05, 0) is 12.8 Å². The van der Waals surface area contributed by atoms with Crippen LogP contribution in [-0.4, -0.2) is 47.0 Å². The lowest BCUT2D eigenvalue weighted by molar-refractivity contribution is -0.110. The topological polar surface area (TPSA) is 61.2 Å². The summed E-state index contributed by atoms with van der Waals surface area (Å²) in [5.74, 6) is 0. The summed E-state index contributed by atoms with van der Waals surface area (Å²) in [5, 5.41) is 12.1. The van der Waals surface area contributed by atoms with Gasteiger partial charge in [-0.1, -0.05) is 0 Å². The number of hydrogen-bond acceptors (Lipinski definition) is 5. The van der Waals surface area contributed by atoms with E-state index in [0.717, 1.165) is 51.3 Å². The largest absolute Gasteiger partial charge is 0.381 e. The third kappa shape index (κ3) is 2.15. The summed E-state index contributed by atoms with van der Waals surface area (Å²) in [4.78, 5) is 1.60. The Balaban J connectivity index is 1.88. The molecule has 2 atom stereocenters. The molecule has 1 aromatic rings. The molecule has 0 aromatic carbocycles. The van der Waals surface area contributed by atoms with E-state index in [0.29, 0.717) is 0 Å². The van der Waals surface area contributed by atoms with Gasteiger partial charge in [-0.3, -0.25) is 0 Å². The van der Waals surface area contributed by atoms with Crippen molar-refractivity contribution in [2.75, 3.05) is 26.4 Å². The fourth-order valence-corrected chi connectivity index (χ4v) is 2.97. The van der Waals surface area contributed by atoms with E-state index in [-0.39, 0.29) is 11.6 Å². The number of rotatable bonds is 1. The number of aromatic nitrogens is 3. The van der Waals surface area contributed by atoms with E-state index in [1.165, 1.54) is 0 Å². The Morgan fingerprint density at radius 1 is 1.39 bits per heavy atom. The van der Waals surface area contributed by atoms with Crippen LogP contribution in [0, 0.1) is 0 Å². The third-order valence-electron chi connectivity index (χ3n) is 3.84. The Morgan fingerprint density at radius 2 is 2.33 bits per heavy atom. The Kier molecular flexibility index (Phi) is 3.32. The van der Waals surface area contributed by atoms with Crippen molar-refractivity contribution in [3.63, 3.8) is 0 Å². The second-order valence-corrected chi connectivity index (χ2v) is 5.03. The number of morpholine rings is 1. The first-order valence-corrected chi connectivity index (χ1v) is 6.61. The smallest absolute Gasteiger partial charge is 0.103 e. The molecule has 1 aromatic heterocycles. The van der Waals surface area contributed by atoms with Crippen LogP contribution in [0.25, 0.3) is 0 Å². The molecule has 0 bridgehead atoms. The van der Waals surface area contributed by atoms with E-state index in [9.17, 15) is 0 Å². The molecule has 18 heavy (non-hydrogen) atoms. The normalized spacial score (nSPS) is 33.5. The molecule has 2 unspecified atom stereocenters. The van der Waals surface area contributed by atoms with Gasteiger partial charge >= 0.3 is 0 Å². The SMILES string of the molecule is Cn1ncc(C2NCCOC23CCCOCC3)n1. The van der Waals surface area contributed by atoms with Gasteiger partial charge < -0.3 is 14.8 Å². The number of nitrogens with zero attached hydrogens (tertiary/aromatic N) is 3. The molecule has 2 aliphatic heterocycles. The number of aryl methyl sites for hydroxylation is 1. The predicted molar refractivity (Wildman–Crippen MR) is 65.1 cm³/mol. The second kappa shape index (κ2) is 4.95. The van der Waals surface area contributed by atoms with Crippen LogP contribution in [0.4, 0.5) is 0 Å². The van der Waals surface area contributed by atoms with Crippen LogP contribution < -0.4 is 5.32 Å². The summed E-state index contributed by atoms with van der Waals surface area (Å²) in [6, 6.07) is 0.127. The fourth-order valence-electron chi connectivity index (χ4n) is 2.97. The van der Waals surface area contributed by atoms with Crippen molar-refractivity contribution in [3.05, 3.63) is 11.9 Å². The lowest BCUT2D eigenvalue weighted by Gasteiger charge is -2.43. The first-order valence-electron chi connectivity index (χ1n) is 6.61. The zero-order valence-electron chi connectivity index (χ0n) is 10.8. The molecule has 6 heteroatoms. The highest BCUT2D eigenvalue weighted by molar-refractivity contribution is 5.11. The highest BCUT2D eigenvalue weighted by Gasteiger charge is 2.44. The second-order valence-electron chi connectivity index (χ2n) is 5.03. The minimum Gasteiger partial charge on any atom is -0.381 e. The summed E-state index contributed by atoms with van der Waals surface area (Å²) < 4.78 is 11.7. The summed E-state index contributed by atoms with van der Waals surface area (Å²) in [6.45, 7) is 3.22. The lowest BCUT2D eigenvalue weighted by atomic mass is 9.83. The van der Waals surface area contributed by atoms with E-state index in [1.54, 1.807) is 4.80 Å². The van der Waals surface area contributed by atoms with Crippen molar-refractivity contribution in [2.24, 2.45) is 7.05 Å². The Hall–Kier alpha value is -0.980. The highest BCUT2D eigenvalue weighted by atomic mass is 16.5. The monoisotopic (exact) mass is 252 g/mol. The summed E-state index contributed by atoms with van der Waals surface area (Å²) in [5.41, 5.74) is 0.796. The molecule has 2 fully saturated rings. The van der Waals surface area contributed by atoms with E-state index in [2.05, 4.69) is 15.5 Å². The highest BCUT2D eigenvalue weighted by Crippen LogP contribution is 2.38. The first-order chi connectivity index (χ1) is 8.80. The van der Waals surface area contributed by atoms with Gasteiger partial charge in [0.05, 0.1) is 24.4 Å². The maximum atomic E-state index is 6.14. The van der Waals surface area contributed by atoms with Gasteiger partial charge in [0.2, 0.25) is 0 Å². The molecule has 0 radical (unpaired) electrons. The molecule has 0 amide bonds. The van der Waals surface area contributed by atoms with E-state index in [1.807, 2.05) is 13.2 Å². The molecule has 2 saturated heterocycles. The van der Waals surface area contributed by atoms with Crippen LogP contribution in [0.3, 0.4) is 0 Å². The van der Waals surface area contributed by atoms with Crippen molar-refractivity contribution in [3.8, 4) is 0 Å². The van der Waals surface area contributed by atoms with Crippen molar-refractivity contribution in [1.29, 1.82) is 0 Å². The molecule has 6 nitrogen and oxygen atoms in total. The summed E-state index contributed by atoms with van der Waals surface area (Å²) in [6.07, 6.45) is 4.81. The molecular formula is C12H20N4O2. The van der Waals surface area contributed by atoms with Gasteiger partial charge in [0, 0.05) is 33.2 Å². The Bertz CT molecular complexity index is 399. The van der Waals surface area contributed by atoms with Gasteiger partial charge in [0.25, 0.3) is 0 Å². The van der Waals surface area contributed by atoms with Crippen LogP contribution in [0.5, 0.6) is 0 Å². The van der Waals surface area contributed by atoms with Crippen molar-refractivity contribution >= 4 is 0 Å². The molecule has 3 heterocycles. The average Bonchev–Trinajstić information content (AvgIpc) is 2.67. The maximum absolute atomic E-state index is 6.14. The van der Waals surface area contributed by atoms with Crippen LogP contribution in [0.2, 0.25) is 0 Å². The van der Waals surface area contributed by atoms with Gasteiger partial charge in [-0.25, -0.2) is 0 Å². The van der Waals surface area contributed by atoms with E-state index in [4.69, 9.17) is 9.47 Å². The van der Waals surface area contributed by atoms with Crippen molar-refractivity contribution in [2.45, 2.75) is 30.9 Å². The molecule has 1 N–H and O–H groups in total. The van der Waals surface area contributed by atoms with Gasteiger partial charge in [-0.15, -0.1) is 0 Å². The quantitative estimate of drug-likeness (QED) is 0.784. The maximum Gasteiger partial charge on any atom is 0.103 e. The fraction of sp³-hybridized carbons (Fsp3) is 0.833. The van der Waals surface area contributed by atoms with Crippen LogP contribution in [0.1, 0.15) is 31.0 Å². The number of ether oxygens (including phenoxy) is 2. The van der Waals surface area contributed by atoms with Crippen LogP contribution in [0.15, 0.2) is 6.20 Å². The number of nitrogens with one attached hydrogen (secondary N) is 1. The average molecular weight is 252 g/mol. The minimum absolute atomic E-state index is 0.127. The minimum atomic E-state index is -0.176. The molecule has 2 aliphatic rings. The number of hydrogen-bond donors (Lipinski definition) is 1. The van der Waals surface area contributed by atoms with Gasteiger partial charge in [-0.2, -0.15) is 15.0 Å². The third-order valence-corrected chi connectivity index (χ3v) is 3.84. The zero-order valence-corrected chi connectivity index (χ0v) is 10.8. The molecule has 0 saturated carbocycles. The van der Waals surface area contributed by atoms with Crippen molar-refractivity contribution < 1.29 is 9.47 Å². The Labute approximate surface area is 107 Å². The summed E-state index contributed by atoms with van der Waals surface area (Å²) >= 11 is 0. The predicted octanol–water partition coefficient (Wildman–Crippen LogP) is 0.415. The first kappa shape index (κ1) is 12.1. The zero-order chi connectivity index (χ0) is 12.4. The Morgan fingerprint density at radius 3 is 3.17 bits per heavy atom. The molecule has 100 valence electrons. The molecule has 0 aliphatic carbocycles. The molecular weight excluding hydrogens is 232 g/mol. The standard InChI is InChI=1S/C12H20N4O2/c1-16-14-9-10(15-16)11-12(18-8-5-13-11)3-2-6-17-7-4-12/h9,11,13H,2-8H2,1H3. The van der Waals surface area contributed by atoms with Gasteiger partial charge in [0.15, 0.2) is 0 Å².